The van der Waals surface area contributed by atoms with E-state index in [1.54, 1.807) is 18.0 Å². The average molecular weight is 456 g/mol. The zero-order valence-electron chi connectivity index (χ0n) is 16.5. The molecule has 1 aromatic heterocycles. The third-order valence-electron chi connectivity index (χ3n) is 4.30. The molecule has 156 valence electrons. The van der Waals surface area contributed by atoms with Crippen molar-refractivity contribution in [2.24, 2.45) is 10.2 Å². The van der Waals surface area contributed by atoms with Gasteiger partial charge in [0.05, 0.1) is 16.2 Å². The SMILES string of the molecule is CC1=NN(c2nc(N)nc(CSc3cc(Cl)c(C)cc3S(N)(=O)=O)n2)C(C)(C)C1. The maximum absolute atomic E-state index is 12.0. The third kappa shape index (κ3) is 4.80. The summed E-state index contributed by atoms with van der Waals surface area (Å²) in [5.74, 6) is 1.06. The molecule has 0 saturated carbocycles. The first-order valence-electron chi connectivity index (χ1n) is 8.67. The molecule has 1 aliphatic heterocycles. The van der Waals surface area contributed by atoms with Gasteiger partial charge in [-0.1, -0.05) is 11.6 Å². The van der Waals surface area contributed by atoms with Gasteiger partial charge in [0, 0.05) is 22.1 Å². The quantitative estimate of drug-likeness (QED) is 0.655. The van der Waals surface area contributed by atoms with Gasteiger partial charge in [0.15, 0.2) is 0 Å². The highest BCUT2D eigenvalue weighted by molar-refractivity contribution is 7.99. The summed E-state index contributed by atoms with van der Waals surface area (Å²) in [7, 11) is -3.91. The number of halogens is 1. The van der Waals surface area contributed by atoms with Crippen LogP contribution in [0.5, 0.6) is 0 Å². The molecule has 3 rings (SSSR count). The van der Waals surface area contributed by atoms with Gasteiger partial charge < -0.3 is 5.73 Å². The Morgan fingerprint density at radius 2 is 1.93 bits per heavy atom. The van der Waals surface area contributed by atoms with Crippen LogP contribution in [0.3, 0.4) is 0 Å². The lowest BCUT2D eigenvalue weighted by Gasteiger charge is -2.28. The highest BCUT2D eigenvalue weighted by Crippen LogP contribution is 2.34. The van der Waals surface area contributed by atoms with Gasteiger partial charge in [0.2, 0.25) is 16.0 Å². The molecule has 4 N–H and O–H groups in total. The van der Waals surface area contributed by atoms with Gasteiger partial charge in [-0.05, 0) is 45.4 Å². The van der Waals surface area contributed by atoms with Crippen LogP contribution in [0, 0.1) is 6.92 Å². The number of primary sulfonamides is 1. The molecule has 0 fully saturated rings. The van der Waals surface area contributed by atoms with E-state index in [0.29, 0.717) is 27.3 Å². The van der Waals surface area contributed by atoms with Crippen LogP contribution < -0.4 is 15.9 Å². The summed E-state index contributed by atoms with van der Waals surface area (Å²) in [6.07, 6.45) is 0.780. The smallest absolute Gasteiger partial charge is 0.251 e. The first-order valence-corrected chi connectivity index (χ1v) is 11.6. The molecule has 0 amide bonds. The zero-order chi connectivity index (χ0) is 21.6. The number of rotatable bonds is 5. The van der Waals surface area contributed by atoms with Crippen molar-refractivity contribution in [2.45, 2.75) is 55.2 Å². The minimum atomic E-state index is -3.91. The standard InChI is InChI=1S/C17H22ClN7O2S2/c1-9-5-13(29(20,26)27)12(6-11(9)18)28-8-14-21-15(19)23-16(22-14)25-17(3,4)7-10(2)24-25/h5-6H,7-8H2,1-4H3,(H2,20,26,27)(H2,19,21,22,23). The van der Waals surface area contributed by atoms with Crippen molar-refractivity contribution < 1.29 is 8.42 Å². The van der Waals surface area contributed by atoms with Crippen molar-refractivity contribution >= 4 is 51.0 Å². The number of nitrogens with zero attached hydrogens (tertiary/aromatic N) is 5. The topological polar surface area (TPSA) is 140 Å². The lowest BCUT2D eigenvalue weighted by molar-refractivity contribution is 0.505. The Morgan fingerprint density at radius 1 is 1.24 bits per heavy atom. The first-order chi connectivity index (χ1) is 13.4. The zero-order valence-corrected chi connectivity index (χ0v) is 18.9. The van der Waals surface area contributed by atoms with Crippen LogP contribution >= 0.6 is 23.4 Å². The molecule has 0 radical (unpaired) electrons. The van der Waals surface area contributed by atoms with Crippen LogP contribution in [0.15, 0.2) is 27.0 Å². The molecular weight excluding hydrogens is 434 g/mol. The molecule has 2 heterocycles. The first kappa shape index (κ1) is 21.8. The summed E-state index contributed by atoms with van der Waals surface area (Å²) in [5.41, 5.74) is 7.19. The summed E-state index contributed by atoms with van der Waals surface area (Å²) < 4.78 is 23.9. The minimum Gasteiger partial charge on any atom is -0.368 e. The Kier molecular flexibility index (Phi) is 5.78. The lowest BCUT2D eigenvalue weighted by Crippen LogP contribution is -2.37. The number of sulfonamides is 1. The minimum absolute atomic E-state index is 0.00699. The number of aromatic nitrogens is 3. The van der Waals surface area contributed by atoms with Crippen molar-refractivity contribution in [2.75, 3.05) is 10.7 Å². The van der Waals surface area contributed by atoms with Gasteiger partial charge in [-0.3, -0.25) is 0 Å². The summed E-state index contributed by atoms with van der Waals surface area (Å²) in [4.78, 5) is 13.3. The number of hydrogen-bond acceptors (Lipinski definition) is 9. The van der Waals surface area contributed by atoms with Crippen LogP contribution in [-0.4, -0.2) is 34.6 Å². The summed E-state index contributed by atoms with van der Waals surface area (Å²) in [6.45, 7) is 7.73. The second-order valence-electron chi connectivity index (χ2n) is 7.43. The molecule has 0 unspecified atom stereocenters. The summed E-state index contributed by atoms with van der Waals surface area (Å²) in [5, 5.41) is 12.0. The van der Waals surface area contributed by atoms with E-state index < -0.39 is 10.0 Å². The van der Waals surface area contributed by atoms with Crippen molar-refractivity contribution in [1.82, 2.24) is 15.0 Å². The number of aryl methyl sites for hydroxylation is 1. The van der Waals surface area contributed by atoms with Gasteiger partial charge >= 0.3 is 0 Å². The molecule has 0 atom stereocenters. The number of nitrogens with two attached hydrogens (primary N) is 2. The number of anilines is 2. The van der Waals surface area contributed by atoms with Gasteiger partial charge in [0.1, 0.15) is 5.82 Å². The average Bonchev–Trinajstić information content (AvgIpc) is 2.86. The van der Waals surface area contributed by atoms with E-state index in [2.05, 4.69) is 20.1 Å². The number of hydrogen-bond donors (Lipinski definition) is 2. The predicted octanol–water partition coefficient (Wildman–Crippen LogP) is 2.72. The second kappa shape index (κ2) is 7.71. The molecular formula is C17H22ClN7O2S2. The molecule has 2 aromatic rings. The van der Waals surface area contributed by atoms with Gasteiger partial charge in [-0.25, -0.2) is 18.6 Å². The van der Waals surface area contributed by atoms with E-state index in [4.69, 9.17) is 22.5 Å². The largest absolute Gasteiger partial charge is 0.368 e. The molecule has 9 nitrogen and oxygen atoms in total. The van der Waals surface area contributed by atoms with Crippen LogP contribution in [0.2, 0.25) is 5.02 Å². The van der Waals surface area contributed by atoms with Crippen LogP contribution in [0.25, 0.3) is 0 Å². The second-order valence-corrected chi connectivity index (χ2v) is 10.4. The molecule has 1 aromatic carbocycles. The molecule has 0 spiro atoms. The van der Waals surface area contributed by atoms with Crippen LogP contribution in [-0.2, 0) is 15.8 Å². The van der Waals surface area contributed by atoms with E-state index in [-0.39, 0.29) is 22.1 Å². The van der Waals surface area contributed by atoms with Gasteiger partial charge in [-0.2, -0.15) is 20.1 Å². The number of benzene rings is 1. The fraction of sp³-hybridized carbons (Fsp3) is 0.412. The Morgan fingerprint density at radius 3 is 2.52 bits per heavy atom. The molecule has 0 bridgehead atoms. The molecule has 29 heavy (non-hydrogen) atoms. The van der Waals surface area contributed by atoms with Crippen LogP contribution in [0.1, 0.15) is 38.6 Å². The van der Waals surface area contributed by atoms with Gasteiger partial charge in [-0.15, -0.1) is 11.8 Å². The van der Waals surface area contributed by atoms with E-state index in [0.717, 1.165) is 12.1 Å². The van der Waals surface area contributed by atoms with Crippen molar-refractivity contribution in [3.8, 4) is 0 Å². The van der Waals surface area contributed by atoms with E-state index in [9.17, 15) is 8.42 Å². The monoisotopic (exact) mass is 455 g/mol. The Bertz CT molecular complexity index is 1100. The van der Waals surface area contributed by atoms with Gasteiger partial charge in [0.25, 0.3) is 5.95 Å². The van der Waals surface area contributed by atoms with E-state index in [1.165, 1.54) is 17.8 Å². The van der Waals surface area contributed by atoms with Crippen LogP contribution in [0.4, 0.5) is 11.9 Å². The Labute approximate surface area is 179 Å². The molecule has 0 aliphatic carbocycles. The highest BCUT2D eigenvalue weighted by Gasteiger charge is 2.35. The van der Waals surface area contributed by atoms with Crippen molar-refractivity contribution in [1.29, 1.82) is 0 Å². The van der Waals surface area contributed by atoms with E-state index >= 15 is 0 Å². The van der Waals surface area contributed by atoms with E-state index in [1.807, 2.05) is 20.8 Å². The number of hydrazone groups is 1. The Hall–Kier alpha value is -1.95. The number of nitrogen functional groups attached to an aromatic ring is 1. The van der Waals surface area contributed by atoms with Crippen molar-refractivity contribution in [3.63, 3.8) is 0 Å². The fourth-order valence-electron chi connectivity index (χ4n) is 3.06. The molecule has 12 heteroatoms. The third-order valence-corrected chi connectivity index (χ3v) is 6.84. The maximum Gasteiger partial charge on any atom is 0.251 e. The molecule has 0 saturated heterocycles. The predicted molar refractivity (Wildman–Crippen MR) is 116 cm³/mol. The summed E-state index contributed by atoms with van der Waals surface area (Å²) >= 11 is 7.37. The normalized spacial score (nSPS) is 16.2. The molecule has 1 aliphatic rings. The number of thioether (sulfide) groups is 1. The van der Waals surface area contributed by atoms with Crippen molar-refractivity contribution in [3.05, 3.63) is 28.5 Å². The Balaban J connectivity index is 1.92. The highest BCUT2D eigenvalue weighted by atomic mass is 35.5. The lowest BCUT2D eigenvalue weighted by atomic mass is 9.99. The maximum atomic E-state index is 12.0. The summed E-state index contributed by atoms with van der Waals surface area (Å²) in [6, 6.07) is 3.03. The fourth-order valence-corrected chi connectivity index (χ4v) is 5.31.